The van der Waals surface area contributed by atoms with Crippen molar-refractivity contribution in [3.8, 4) is 0 Å². The van der Waals surface area contributed by atoms with E-state index in [-0.39, 0.29) is 0 Å². The van der Waals surface area contributed by atoms with Crippen molar-refractivity contribution in [1.82, 2.24) is 5.32 Å². The molecule has 0 heterocycles. The maximum atomic E-state index is 5.14. The van der Waals surface area contributed by atoms with Crippen LogP contribution in [0.15, 0.2) is 0 Å². The van der Waals surface area contributed by atoms with Crippen LogP contribution in [0.3, 0.4) is 0 Å². The lowest BCUT2D eigenvalue weighted by Gasteiger charge is -2.32. The van der Waals surface area contributed by atoms with Gasteiger partial charge in [-0.15, -0.1) is 0 Å². The molecule has 2 atom stereocenters. The predicted molar refractivity (Wildman–Crippen MR) is 76.4 cm³/mol. The number of ether oxygens (including phenoxy) is 1. The van der Waals surface area contributed by atoms with Crippen molar-refractivity contribution in [2.24, 2.45) is 11.3 Å². The van der Waals surface area contributed by atoms with E-state index in [2.05, 4.69) is 39.9 Å². The lowest BCUT2D eigenvalue weighted by Crippen LogP contribution is -2.40. The standard InChI is InChI=1S/C15H33NO/c1-7-11-16-14(15(3,4)5)9-8-13(2)10-12-17-6/h13-14,16H,7-12H2,1-6H3. The van der Waals surface area contributed by atoms with E-state index in [0.29, 0.717) is 11.5 Å². The summed E-state index contributed by atoms with van der Waals surface area (Å²) in [5.41, 5.74) is 0.357. The fourth-order valence-corrected chi connectivity index (χ4v) is 2.07. The van der Waals surface area contributed by atoms with Crippen LogP contribution < -0.4 is 5.32 Å². The molecule has 0 aromatic heterocycles. The zero-order chi connectivity index (χ0) is 13.3. The first-order chi connectivity index (χ1) is 7.91. The molecule has 0 spiro atoms. The molecule has 0 bridgehead atoms. The largest absolute Gasteiger partial charge is 0.385 e. The molecule has 2 heteroatoms. The molecule has 0 radical (unpaired) electrons. The third kappa shape index (κ3) is 8.62. The van der Waals surface area contributed by atoms with Crippen molar-refractivity contribution in [3.63, 3.8) is 0 Å². The van der Waals surface area contributed by atoms with Crippen LogP contribution in [0.2, 0.25) is 0 Å². The fourth-order valence-electron chi connectivity index (χ4n) is 2.07. The summed E-state index contributed by atoms with van der Waals surface area (Å²) in [4.78, 5) is 0. The van der Waals surface area contributed by atoms with Crippen molar-refractivity contribution >= 4 is 0 Å². The zero-order valence-electron chi connectivity index (χ0n) is 12.8. The van der Waals surface area contributed by atoms with E-state index in [1.165, 1.54) is 25.7 Å². The van der Waals surface area contributed by atoms with Crippen molar-refractivity contribution in [2.45, 2.75) is 66.3 Å². The van der Waals surface area contributed by atoms with Crippen LogP contribution in [0.4, 0.5) is 0 Å². The number of hydrogen-bond donors (Lipinski definition) is 1. The van der Waals surface area contributed by atoms with E-state index in [0.717, 1.165) is 19.1 Å². The first-order valence-electron chi connectivity index (χ1n) is 7.14. The topological polar surface area (TPSA) is 21.3 Å². The van der Waals surface area contributed by atoms with Gasteiger partial charge in [0.2, 0.25) is 0 Å². The van der Waals surface area contributed by atoms with E-state index in [4.69, 9.17) is 4.74 Å². The Morgan fingerprint density at radius 1 is 1.12 bits per heavy atom. The van der Waals surface area contributed by atoms with Gasteiger partial charge < -0.3 is 10.1 Å². The molecule has 0 rings (SSSR count). The highest BCUT2D eigenvalue weighted by Gasteiger charge is 2.23. The first-order valence-corrected chi connectivity index (χ1v) is 7.14. The van der Waals surface area contributed by atoms with Crippen LogP contribution in [0.1, 0.15) is 60.3 Å². The van der Waals surface area contributed by atoms with Crippen molar-refractivity contribution in [1.29, 1.82) is 0 Å². The SMILES string of the molecule is CCCNC(CCC(C)CCOC)C(C)(C)C. The Morgan fingerprint density at radius 2 is 1.76 bits per heavy atom. The minimum atomic E-state index is 0.357. The number of hydrogen-bond acceptors (Lipinski definition) is 2. The van der Waals surface area contributed by atoms with Gasteiger partial charge in [0.15, 0.2) is 0 Å². The van der Waals surface area contributed by atoms with Gasteiger partial charge >= 0.3 is 0 Å². The van der Waals surface area contributed by atoms with Crippen LogP contribution in [0, 0.1) is 11.3 Å². The van der Waals surface area contributed by atoms with Gasteiger partial charge in [-0.1, -0.05) is 34.6 Å². The van der Waals surface area contributed by atoms with Crippen molar-refractivity contribution < 1.29 is 4.74 Å². The average molecular weight is 243 g/mol. The Kier molecular flexibility index (Phi) is 8.89. The molecule has 0 aliphatic heterocycles. The van der Waals surface area contributed by atoms with Gasteiger partial charge in [0, 0.05) is 19.8 Å². The maximum Gasteiger partial charge on any atom is 0.0464 e. The number of methoxy groups -OCH3 is 1. The Bertz CT molecular complexity index is 174. The molecule has 0 saturated carbocycles. The summed E-state index contributed by atoms with van der Waals surface area (Å²) in [6.45, 7) is 13.6. The molecule has 0 aromatic carbocycles. The summed E-state index contributed by atoms with van der Waals surface area (Å²) in [6, 6.07) is 0.632. The van der Waals surface area contributed by atoms with Crippen LogP contribution in [0.25, 0.3) is 0 Å². The normalized spacial score (nSPS) is 15.9. The van der Waals surface area contributed by atoms with E-state index >= 15 is 0 Å². The van der Waals surface area contributed by atoms with Gasteiger partial charge in [-0.2, -0.15) is 0 Å². The highest BCUT2D eigenvalue weighted by Crippen LogP contribution is 2.25. The molecule has 0 amide bonds. The van der Waals surface area contributed by atoms with Gasteiger partial charge in [0.1, 0.15) is 0 Å². The van der Waals surface area contributed by atoms with Crippen LogP contribution >= 0.6 is 0 Å². The molecular weight excluding hydrogens is 210 g/mol. The fraction of sp³-hybridized carbons (Fsp3) is 1.00. The monoisotopic (exact) mass is 243 g/mol. The molecule has 0 aliphatic carbocycles. The molecular formula is C15H33NO. The number of rotatable bonds is 9. The van der Waals surface area contributed by atoms with Gasteiger partial charge in [0.05, 0.1) is 0 Å². The minimum Gasteiger partial charge on any atom is -0.385 e. The molecule has 2 nitrogen and oxygen atoms in total. The van der Waals surface area contributed by atoms with Crippen LogP contribution in [-0.4, -0.2) is 26.3 Å². The highest BCUT2D eigenvalue weighted by atomic mass is 16.5. The summed E-state index contributed by atoms with van der Waals surface area (Å²) >= 11 is 0. The second kappa shape index (κ2) is 8.93. The van der Waals surface area contributed by atoms with E-state index in [9.17, 15) is 0 Å². The van der Waals surface area contributed by atoms with Crippen LogP contribution in [-0.2, 0) is 4.74 Å². The predicted octanol–water partition coefficient (Wildman–Crippen LogP) is 3.85. The maximum absolute atomic E-state index is 5.14. The zero-order valence-corrected chi connectivity index (χ0v) is 12.8. The number of nitrogens with one attached hydrogen (secondary N) is 1. The lowest BCUT2D eigenvalue weighted by atomic mass is 9.82. The molecule has 2 unspecified atom stereocenters. The highest BCUT2D eigenvalue weighted by molar-refractivity contribution is 4.80. The van der Waals surface area contributed by atoms with E-state index in [1.54, 1.807) is 7.11 Å². The third-order valence-corrected chi connectivity index (χ3v) is 3.45. The van der Waals surface area contributed by atoms with E-state index < -0.39 is 0 Å². The quantitative estimate of drug-likeness (QED) is 0.664. The van der Waals surface area contributed by atoms with Gasteiger partial charge in [0.25, 0.3) is 0 Å². The molecule has 0 aromatic rings. The first kappa shape index (κ1) is 16.9. The second-order valence-corrected chi connectivity index (χ2v) is 6.34. The Labute approximate surface area is 109 Å². The summed E-state index contributed by atoms with van der Waals surface area (Å²) in [7, 11) is 1.79. The average Bonchev–Trinajstić information content (AvgIpc) is 2.24. The lowest BCUT2D eigenvalue weighted by molar-refractivity contribution is 0.172. The van der Waals surface area contributed by atoms with E-state index in [1.807, 2.05) is 0 Å². The summed E-state index contributed by atoms with van der Waals surface area (Å²) < 4.78 is 5.14. The smallest absolute Gasteiger partial charge is 0.0464 e. The molecule has 104 valence electrons. The third-order valence-electron chi connectivity index (χ3n) is 3.45. The second-order valence-electron chi connectivity index (χ2n) is 6.34. The Hall–Kier alpha value is -0.0800. The minimum absolute atomic E-state index is 0.357. The Morgan fingerprint density at radius 3 is 2.24 bits per heavy atom. The molecule has 0 fully saturated rings. The molecule has 0 aliphatic rings. The summed E-state index contributed by atoms with van der Waals surface area (Å²) in [5, 5.41) is 3.69. The van der Waals surface area contributed by atoms with Gasteiger partial charge in [-0.05, 0) is 43.6 Å². The summed E-state index contributed by atoms with van der Waals surface area (Å²) in [6.07, 6.45) is 4.96. The van der Waals surface area contributed by atoms with Crippen molar-refractivity contribution in [2.75, 3.05) is 20.3 Å². The van der Waals surface area contributed by atoms with Crippen molar-refractivity contribution in [3.05, 3.63) is 0 Å². The molecule has 0 saturated heterocycles. The molecule has 17 heavy (non-hydrogen) atoms. The van der Waals surface area contributed by atoms with Crippen LogP contribution in [0.5, 0.6) is 0 Å². The summed E-state index contributed by atoms with van der Waals surface area (Å²) in [5.74, 6) is 0.767. The Balaban J connectivity index is 3.98. The van der Waals surface area contributed by atoms with Gasteiger partial charge in [-0.25, -0.2) is 0 Å². The van der Waals surface area contributed by atoms with Gasteiger partial charge in [-0.3, -0.25) is 0 Å². The molecule has 1 N–H and O–H groups in total.